The fraction of sp³-hybridized carbons (Fsp3) is 0.214. The number of phenolic OH excluding ortho intramolecular Hbond substituents is 1. The summed E-state index contributed by atoms with van der Waals surface area (Å²) in [6, 6.07) is 8.05. The highest BCUT2D eigenvalue weighted by atomic mass is 35.5. The number of benzene rings is 1. The molecule has 1 atom stereocenters. The van der Waals surface area contributed by atoms with Gasteiger partial charge in [-0.1, -0.05) is 11.6 Å². The zero-order valence-corrected chi connectivity index (χ0v) is 12.6. The van der Waals surface area contributed by atoms with Crippen LogP contribution in [0.5, 0.6) is 11.5 Å². The van der Waals surface area contributed by atoms with E-state index in [1.165, 1.54) is 24.5 Å². The lowest BCUT2D eigenvalue weighted by atomic mass is 10.1. The van der Waals surface area contributed by atoms with E-state index < -0.39 is 0 Å². The van der Waals surface area contributed by atoms with Crippen molar-refractivity contribution < 1.29 is 14.6 Å². The summed E-state index contributed by atoms with van der Waals surface area (Å²) in [5.74, 6) is 0.00610. The van der Waals surface area contributed by atoms with Gasteiger partial charge in [-0.05, 0) is 37.3 Å². The molecule has 0 fully saturated rings. The number of hydrogen-bond donors (Lipinski definition) is 2. The Kier molecular flexibility index (Phi) is 4.52. The minimum atomic E-state index is -0.264. The Hall–Kier alpha value is -1.72. The van der Waals surface area contributed by atoms with Crippen LogP contribution in [0.4, 0.5) is 0 Å². The number of rotatable bonds is 4. The third-order valence-corrected chi connectivity index (χ3v) is 4.22. The van der Waals surface area contributed by atoms with Crippen LogP contribution in [0.15, 0.2) is 30.3 Å². The van der Waals surface area contributed by atoms with Crippen molar-refractivity contribution in [1.82, 2.24) is 5.32 Å². The van der Waals surface area contributed by atoms with Gasteiger partial charge in [-0.2, -0.15) is 0 Å². The van der Waals surface area contributed by atoms with E-state index in [1.807, 2.05) is 13.0 Å². The second-order valence-corrected chi connectivity index (χ2v) is 5.97. The topological polar surface area (TPSA) is 58.6 Å². The molecule has 1 amide bonds. The summed E-state index contributed by atoms with van der Waals surface area (Å²) < 4.78 is 5.62. The first-order valence-corrected chi connectivity index (χ1v) is 7.14. The molecule has 0 aliphatic rings. The molecule has 106 valence electrons. The lowest BCUT2D eigenvalue weighted by molar-refractivity contribution is 0.0940. The zero-order chi connectivity index (χ0) is 14.7. The van der Waals surface area contributed by atoms with Crippen LogP contribution in [-0.2, 0) is 0 Å². The Morgan fingerprint density at radius 1 is 1.40 bits per heavy atom. The Morgan fingerprint density at radius 2 is 2.15 bits per heavy atom. The van der Waals surface area contributed by atoms with E-state index in [0.29, 0.717) is 15.6 Å². The van der Waals surface area contributed by atoms with E-state index in [0.717, 1.165) is 4.88 Å². The normalized spacial score (nSPS) is 11.9. The van der Waals surface area contributed by atoms with Crippen molar-refractivity contribution in [1.29, 1.82) is 0 Å². The maximum absolute atomic E-state index is 12.1. The highest BCUT2D eigenvalue weighted by molar-refractivity contribution is 7.16. The molecule has 0 aliphatic carbocycles. The number of nitrogens with one attached hydrogen (secondary N) is 1. The van der Waals surface area contributed by atoms with Gasteiger partial charge in [0.2, 0.25) is 0 Å². The van der Waals surface area contributed by atoms with Gasteiger partial charge in [0.1, 0.15) is 0 Å². The molecule has 1 aromatic carbocycles. The predicted octanol–water partition coefficient (Wildman–Crippen LogP) is 3.61. The van der Waals surface area contributed by atoms with Gasteiger partial charge in [0.25, 0.3) is 5.91 Å². The predicted molar refractivity (Wildman–Crippen MR) is 79.9 cm³/mol. The average Bonchev–Trinajstić information content (AvgIpc) is 2.85. The van der Waals surface area contributed by atoms with Gasteiger partial charge < -0.3 is 15.2 Å². The standard InChI is InChI=1S/C14H14ClNO3S/c1-8(12-5-6-13(15)20-12)16-14(18)9-3-4-11(19-2)10(17)7-9/h3-8,17H,1-2H3,(H,16,18). The Morgan fingerprint density at radius 3 is 2.70 bits per heavy atom. The lowest BCUT2D eigenvalue weighted by Gasteiger charge is -2.13. The quantitative estimate of drug-likeness (QED) is 0.907. The number of carbonyl (C=O) groups excluding carboxylic acids is 1. The summed E-state index contributed by atoms with van der Waals surface area (Å²) in [6.07, 6.45) is 0. The van der Waals surface area contributed by atoms with Crippen molar-refractivity contribution in [2.45, 2.75) is 13.0 Å². The molecule has 0 saturated carbocycles. The molecule has 0 saturated heterocycles. The Bertz CT molecular complexity index is 627. The molecule has 6 heteroatoms. The van der Waals surface area contributed by atoms with Crippen molar-refractivity contribution >= 4 is 28.8 Å². The number of carbonyl (C=O) groups is 1. The molecule has 4 nitrogen and oxygen atoms in total. The third-order valence-electron chi connectivity index (χ3n) is 2.81. The van der Waals surface area contributed by atoms with Gasteiger partial charge in [0.05, 0.1) is 17.5 Å². The van der Waals surface area contributed by atoms with Gasteiger partial charge in [0, 0.05) is 10.4 Å². The van der Waals surface area contributed by atoms with E-state index >= 15 is 0 Å². The first kappa shape index (κ1) is 14.7. The number of methoxy groups -OCH3 is 1. The zero-order valence-electron chi connectivity index (χ0n) is 11.0. The van der Waals surface area contributed by atoms with Gasteiger partial charge in [0.15, 0.2) is 11.5 Å². The smallest absolute Gasteiger partial charge is 0.251 e. The van der Waals surface area contributed by atoms with Crippen molar-refractivity contribution in [2.75, 3.05) is 7.11 Å². The molecule has 1 heterocycles. The second-order valence-electron chi connectivity index (χ2n) is 4.22. The van der Waals surface area contributed by atoms with Crippen LogP contribution in [0.25, 0.3) is 0 Å². The molecular formula is C14H14ClNO3S. The number of phenols is 1. The van der Waals surface area contributed by atoms with Gasteiger partial charge in [-0.15, -0.1) is 11.3 Å². The first-order chi connectivity index (χ1) is 9.51. The van der Waals surface area contributed by atoms with Gasteiger partial charge in [-0.25, -0.2) is 0 Å². The highest BCUT2D eigenvalue weighted by Crippen LogP contribution is 2.28. The monoisotopic (exact) mass is 311 g/mol. The number of hydrogen-bond acceptors (Lipinski definition) is 4. The molecule has 0 bridgehead atoms. The summed E-state index contributed by atoms with van der Waals surface area (Å²) in [7, 11) is 1.46. The van der Waals surface area contributed by atoms with E-state index in [9.17, 15) is 9.90 Å². The number of amides is 1. The maximum Gasteiger partial charge on any atom is 0.251 e. The number of thiophene rings is 1. The van der Waals surface area contributed by atoms with Crippen molar-refractivity contribution in [3.05, 3.63) is 45.1 Å². The van der Waals surface area contributed by atoms with Crippen LogP contribution in [0, 0.1) is 0 Å². The lowest BCUT2D eigenvalue weighted by Crippen LogP contribution is -2.26. The summed E-state index contributed by atoms with van der Waals surface area (Å²) in [5, 5.41) is 12.5. The highest BCUT2D eigenvalue weighted by Gasteiger charge is 2.14. The Labute approximate surface area is 126 Å². The van der Waals surface area contributed by atoms with Crippen LogP contribution in [-0.4, -0.2) is 18.1 Å². The maximum atomic E-state index is 12.1. The fourth-order valence-electron chi connectivity index (χ4n) is 1.74. The molecular weight excluding hydrogens is 298 g/mol. The molecule has 0 radical (unpaired) electrons. The molecule has 2 N–H and O–H groups in total. The summed E-state index contributed by atoms with van der Waals surface area (Å²) in [5.41, 5.74) is 0.373. The second kappa shape index (κ2) is 6.15. The summed E-state index contributed by atoms with van der Waals surface area (Å²) in [6.45, 7) is 1.88. The SMILES string of the molecule is COc1ccc(C(=O)NC(C)c2ccc(Cl)s2)cc1O. The summed E-state index contributed by atoms with van der Waals surface area (Å²) >= 11 is 7.29. The number of aromatic hydroxyl groups is 1. The first-order valence-electron chi connectivity index (χ1n) is 5.94. The number of halogens is 1. The van der Waals surface area contributed by atoms with Crippen LogP contribution in [0.2, 0.25) is 4.34 Å². The van der Waals surface area contributed by atoms with E-state index in [-0.39, 0.29) is 17.7 Å². The van der Waals surface area contributed by atoms with Gasteiger partial charge >= 0.3 is 0 Å². The van der Waals surface area contributed by atoms with Gasteiger partial charge in [-0.3, -0.25) is 4.79 Å². The molecule has 2 rings (SSSR count). The van der Waals surface area contributed by atoms with Crippen LogP contribution in [0.3, 0.4) is 0 Å². The van der Waals surface area contributed by atoms with Crippen molar-refractivity contribution in [2.24, 2.45) is 0 Å². The summed E-state index contributed by atoms with van der Waals surface area (Å²) in [4.78, 5) is 13.1. The minimum Gasteiger partial charge on any atom is -0.504 e. The van der Waals surface area contributed by atoms with Crippen LogP contribution < -0.4 is 10.1 Å². The van der Waals surface area contributed by atoms with Crippen LogP contribution in [0.1, 0.15) is 28.2 Å². The van der Waals surface area contributed by atoms with Crippen molar-refractivity contribution in [3.63, 3.8) is 0 Å². The largest absolute Gasteiger partial charge is 0.504 e. The van der Waals surface area contributed by atoms with E-state index in [1.54, 1.807) is 18.2 Å². The number of ether oxygens (including phenoxy) is 1. The molecule has 1 aromatic heterocycles. The molecule has 2 aromatic rings. The van der Waals surface area contributed by atoms with Crippen molar-refractivity contribution in [3.8, 4) is 11.5 Å². The fourth-order valence-corrected chi connectivity index (χ4v) is 2.81. The Balaban J connectivity index is 2.10. The molecule has 1 unspecified atom stereocenters. The molecule has 20 heavy (non-hydrogen) atoms. The molecule has 0 aliphatic heterocycles. The van der Waals surface area contributed by atoms with E-state index in [4.69, 9.17) is 16.3 Å². The van der Waals surface area contributed by atoms with Crippen LogP contribution >= 0.6 is 22.9 Å². The minimum absolute atomic E-state index is 0.0630. The third kappa shape index (κ3) is 3.23. The molecule has 0 spiro atoms. The van der Waals surface area contributed by atoms with E-state index in [2.05, 4.69) is 5.32 Å². The average molecular weight is 312 g/mol.